The Bertz CT molecular complexity index is 1480. The van der Waals surface area contributed by atoms with E-state index in [1.165, 1.54) is 22.9 Å². The van der Waals surface area contributed by atoms with Gasteiger partial charge in [-0.2, -0.15) is 10.5 Å². The van der Waals surface area contributed by atoms with E-state index >= 15 is 0 Å². The summed E-state index contributed by atoms with van der Waals surface area (Å²) in [5.41, 5.74) is -0.590. The van der Waals surface area contributed by atoms with E-state index in [-0.39, 0.29) is 66.0 Å². The van der Waals surface area contributed by atoms with Crippen molar-refractivity contribution in [1.29, 1.82) is 10.5 Å². The van der Waals surface area contributed by atoms with Crippen LogP contribution in [0.3, 0.4) is 0 Å². The van der Waals surface area contributed by atoms with E-state index in [0.29, 0.717) is 5.69 Å². The average molecular weight is 548 g/mol. The number of likely N-dealkylation sites (tertiary alicyclic amines) is 1. The minimum absolute atomic E-state index is 0.0580. The predicted molar refractivity (Wildman–Crippen MR) is 135 cm³/mol. The van der Waals surface area contributed by atoms with E-state index < -0.39 is 29.1 Å². The van der Waals surface area contributed by atoms with Crippen molar-refractivity contribution in [3.8, 4) is 12.1 Å². The Morgan fingerprint density at radius 1 is 1.24 bits per heavy atom. The van der Waals surface area contributed by atoms with Gasteiger partial charge >= 0.3 is 0 Å². The Labute approximate surface area is 219 Å². The molecule has 2 aromatic rings. The fraction of sp³-hybridized carbons (Fsp3) is 0.375. The molecule has 0 spiro atoms. The van der Waals surface area contributed by atoms with Gasteiger partial charge in [0.05, 0.1) is 18.3 Å². The van der Waals surface area contributed by atoms with Gasteiger partial charge in [-0.1, -0.05) is 0 Å². The predicted octanol–water partition coefficient (Wildman–Crippen LogP) is 0.903. The summed E-state index contributed by atoms with van der Waals surface area (Å²) in [5, 5.41) is 25.7. The van der Waals surface area contributed by atoms with Gasteiger partial charge in [0.2, 0.25) is 5.91 Å². The Balaban J connectivity index is 1.80. The van der Waals surface area contributed by atoms with Crippen LogP contribution in [0.25, 0.3) is 11.8 Å². The van der Waals surface area contributed by atoms with Gasteiger partial charge in [0.15, 0.2) is 5.57 Å². The summed E-state index contributed by atoms with van der Waals surface area (Å²) in [6.45, 7) is 1.50. The zero-order chi connectivity index (χ0) is 27.9. The molecule has 1 saturated heterocycles. The van der Waals surface area contributed by atoms with Crippen LogP contribution in [0.4, 0.5) is 24.5 Å². The highest BCUT2D eigenvalue weighted by molar-refractivity contribution is 7.07. The molecule has 0 aliphatic carbocycles. The second-order valence-electron chi connectivity index (χ2n) is 8.31. The van der Waals surface area contributed by atoms with Crippen molar-refractivity contribution in [2.45, 2.75) is 32.2 Å². The molecule has 10 nitrogen and oxygen atoms in total. The summed E-state index contributed by atoms with van der Waals surface area (Å²) >= 11 is 0.888. The Hall–Kier alpha value is -4.14. The molecule has 1 aromatic heterocycles. The Kier molecular flexibility index (Phi) is 9.28. The second kappa shape index (κ2) is 12.4. The smallest absolute Gasteiger partial charge is 0.270 e. The van der Waals surface area contributed by atoms with E-state index in [2.05, 4.69) is 16.0 Å². The summed E-state index contributed by atoms with van der Waals surface area (Å²) in [6.07, 6.45) is 0.649. The topological polar surface area (TPSA) is 143 Å². The maximum absolute atomic E-state index is 14.3. The maximum Gasteiger partial charge on any atom is 0.270 e. The number of amides is 2. The highest BCUT2D eigenvalue weighted by Gasteiger charge is 2.34. The molecule has 0 radical (unpaired) electrons. The number of hydrogen-bond acceptors (Lipinski definition) is 8. The van der Waals surface area contributed by atoms with E-state index in [1.807, 2.05) is 0 Å². The molecule has 2 heterocycles. The third-order valence-electron chi connectivity index (χ3n) is 5.67. The first-order valence-corrected chi connectivity index (χ1v) is 12.4. The molecule has 14 heteroatoms. The largest absolute Gasteiger partial charge is 0.360 e. The SMILES string of the molecule is CCn1c(=O)/c(=C\Nc2ccc(F)c(NC(=O)CN3CCC(F)(F)CC3)c2)s/c1=C(/C#N)C(=O)NCC#N. The lowest BCUT2D eigenvalue weighted by atomic mass is 10.1. The molecule has 200 valence electrons. The molecule has 1 aromatic carbocycles. The number of nitrogens with one attached hydrogen (secondary N) is 3. The quantitative estimate of drug-likeness (QED) is 0.417. The third-order valence-corrected chi connectivity index (χ3v) is 6.80. The normalized spacial score (nSPS) is 16.2. The van der Waals surface area contributed by atoms with Gasteiger partial charge in [0, 0.05) is 44.4 Å². The van der Waals surface area contributed by atoms with Gasteiger partial charge < -0.3 is 16.0 Å². The molecule has 0 bridgehead atoms. The lowest BCUT2D eigenvalue weighted by Gasteiger charge is -2.31. The molecule has 0 unspecified atom stereocenters. The van der Waals surface area contributed by atoms with Crippen molar-refractivity contribution in [3.05, 3.63) is 43.6 Å². The molecule has 1 aliphatic rings. The van der Waals surface area contributed by atoms with Gasteiger partial charge in [-0.05, 0) is 25.1 Å². The number of benzene rings is 1. The van der Waals surface area contributed by atoms with Crippen LogP contribution in [-0.2, 0) is 16.1 Å². The number of carbonyl (C=O) groups excluding carboxylic acids is 2. The van der Waals surface area contributed by atoms with Gasteiger partial charge in [0.25, 0.3) is 17.4 Å². The maximum atomic E-state index is 14.3. The minimum Gasteiger partial charge on any atom is -0.360 e. The van der Waals surface area contributed by atoms with Crippen LogP contribution in [0.2, 0.25) is 0 Å². The second-order valence-corrected chi connectivity index (χ2v) is 9.34. The molecule has 38 heavy (non-hydrogen) atoms. The average Bonchev–Trinajstić information content (AvgIpc) is 3.19. The number of anilines is 2. The van der Waals surface area contributed by atoms with Gasteiger partial charge in [0.1, 0.15) is 27.6 Å². The number of halogens is 3. The van der Waals surface area contributed by atoms with Gasteiger partial charge in [-0.15, -0.1) is 11.3 Å². The standard InChI is InChI=1S/C24H24F3N7O3S/c1-2-34-22(37)19(38-23(34)16(12-29)21(36)30-8-7-28)13-31-15-3-4-17(25)18(11-15)32-20(35)14-33-9-5-24(26,27)6-10-33/h3-4,11,13,31H,2,5-6,8-10,14H2,1H3,(H,30,36)(H,32,35)/b19-13+,23-16-. The monoisotopic (exact) mass is 547 g/mol. The van der Waals surface area contributed by atoms with Crippen molar-refractivity contribution < 1.29 is 22.8 Å². The number of alkyl halides is 2. The summed E-state index contributed by atoms with van der Waals surface area (Å²) in [6, 6.07) is 7.30. The van der Waals surface area contributed by atoms with Crippen molar-refractivity contribution in [3.63, 3.8) is 0 Å². The van der Waals surface area contributed by atoms with Crippen molar-refractivity contribution in [2.75, 3.05) is 36.8 Å². The summed E-state index contributed by atoms with van der Waals surface area (Å²) < 4.78 is 42.5. The van der Waals surface area contributed by atoms with Crippen LogP contribution in [0.15, 0.2) is 23.0 Å². The number of rotatable bonds is 8. The summed E-state index contributed by atoms with van der Waals surface area (Å²) in [7, 11) is 0. The number of piperidine rings is 1. The fourth-order valence-electron chi connectivity index (χ4n) is 3.69. The minimum atomic E-state index is -2.74. The van der Waals surface area contributed by atoms with Gasteiger partial charge in [-0.3, -0.25) is 23.9 Å². The Morgan fingerprint density at radius 2 is 1.95 bits per heavy atom. The van der Waals surface area contributed by atoms with E-state index in [4.69, 9.17) is 5.26 Å². The molecule has 1 aliphatic heterocycles. The van der Waals surface area contributed by atoms with Gasteiger partial charge in [-0.25, -0.2) is 13.2 Å². The molecule has 2 amide bonds. The first-order chi connectivity index (χ1) is 18.1. The lowest BCUT2D eigenvalue weighted by Crippen LogP contribution is -2.43. The first-order valence-electron chi connectivity index (χ1n) is 11.5. The van der Waals surface area contributed by atoms with Crippen LogP contribution in [0, 0.1) is 28.5 Å². The van der Waals surface area contributed by atoms with E-state index in [0.717, 1.165) is 17.4 Å². The van der Waals surface area contributed by atoms with Crippen molar-refractivity contribution in [1.82, 2.24) is 14.8 Å². The van der Waals surface area contributed by atoms with Crippen LogP contribution < -0.4 is 30.7 Å². The number of hydrogen-bond donors (Lipinski definition) is 3. The van der Waals surface area contributed by atoms with Crippen molar-refractivity contribution >= 4 is 46.3 Å². The van der Waals surface area contributed by atoms with Crippen LogP contribution >= 0.6 is 11.3 Å². The molecule has 0 atom stereocenters. The number of thiazole rings is 1. The number of aromatic nitrogens is 1. The zero-order valence-corrected chi connectivity index (χ0v) is 21.1. The molecule has 0 saturated carbocycles. The van der Waals surface area contributed by atoms with E-state index in [1.54, 1.807) is 24.0 Å². The van der Waals surface area contributed by atoms with E-state index in [9.17, 15) is 32.8 Å². The lowest BCUT2D eigenvalue weighted by molar-refractivity contribution is -0.119. The third kappa shape index (κ3) is 7.00. The molecule has 1 fully saturated rings. The molecule has 3 rings (SSSR count). The molecular weight excluding hydrogens is 523 g/mol. The Morgan fingerprint density at radius 3 is 2.58 bits per heavy atom. The number of nitrogens with zero attached hydrogens (tertiary/aromatic N) is 4. The van der Waals surface area contributed by atoms with Crippen molar-refractivity contribution in [2.24, 2.45) is 0 Å². The van der Waals surface area contributed by atoms with Crippen LogP contribution in [0.5, 0.6) is 0 Å². The zero-order valence-electron chi connectivity index (χ0n) is 20.3. The van der Waals surface area contributed by atoms with Crippen LogP contribution in [0.1, 0.15) is 19.8 Å². The fourth-order valence-corrected chi connectivity index (χ4v) is 4.77. The molecular formula is C24H24F3N7O3S. The highest BCUT2D eigenvalue weighted by atomic mass is 32.1. The molecule has 3 N–H and O–H groups in total. The number of nitriles is 2. The highest BCUT2D eigenvalue weighted by Crippen LogP contribution is 2.27. The number of carbonyl (C=O) groups is 2. The van der Waals surface area contributed by atoms with Crippen LogP contribution in [-0.4, -0.2) is 53.4 Å². The summed E-state index contributed by atoms with van der Waals surface area (Å²) in [4.78, 5) is 39.0. The summed E-state index contributed by atoms with van der Waals surface area (Å²) in [5.74, 6) is -4.79. The first kappa shape index (κ1) is 28.4.